The van der Waals surface area contributed by atoms with Crippen molar-refractivity contribution in [2.75, 3.05) is 18.9 Å². The van der Waals surface area contributed by atoms with Crippen molar-refractivity contribution in [3.05, 3.63) is 18.3 Å². The van der Waals surface area contributed by atoms with Gasteiger partial charge in [-0.3, -0.25) is 4.90 Å². The fraction of sp³-hybridized carbons (Fsp3) is 0.615. The number of aromatic nitrogens is 1. The number of hydrogen-bond acceptors (Lipinski definition) is 4. The van der Waals surface area contributed by atoms with E-state index in [0.717, 1.165) is 6.54 Å². The lowest BCUT2D eigenvalue weighted by atomic mass is 10.2. The summed E-state index contributed by atoms with van der Waals surface area (Å²) in [6, 6.07) is 4.54. The average Bonchev–Trinajstić information content (AvgIpc) is 2.23. The van der Waals surface area contributed by atoms with E-state index < -0.39 is 0 Å². The van der Waals surface area contributed by atoms with Gasteiger partial charge in [0.1, 0.15) is 6.61 Å². The Balaban J connectivity index is 2.41. The number of rotatable bonds is 6. The van der Waals surface area contributed by atoms with Crippen molar-refractivity contribution >= 4 is 5.69 Å². The third-order valence-corrected chi connectivity index (χ3v) is 2.68. The average molecular weight is 237 g/mol. The molecule has 17 heavy (non-hydrogen) atoms. The van der Waals surface area contributed by atoms with Crippen LogP contribution in [-0.2, 0) is 0 Å². The van der Waals surface area contributed by atoms with E-state index in [0.29, 0.717) is 30.3 Å². The molecule has 0 unspecified atom stereocenters. The minimum atomic E-state index is 0.521. The molecule has 0 aromatic carbocycles. The van der Waals surface area contributed by atoms with E-state index >= 15 is 0 Å². The Morgan fingerprint density at radius 3 is 2.47 bits per heavy atom. The van der Waals surface area contributed by atoms with E-state index in [4.69, 9.17) is 10.5 Å². The molecule has 0 fully saturated rings. The lowest BCUT2D eigenvalue weighted by Crippen LogP contribution is -2.39. The third-order valence-electron chi connectivity index (χ3n) is 2.68. The van der Waals surface area contributed by atoms with Crippen molar-refractivity contribution < 1.29 is 4.74 Å². The van der Waals surface area contributed by atoms with E-state index in [-0.39, 0.29) is 0 Å². The number of hydrogen-bond donors (Lipinski definition) is 1. The van der Waals surface area contributed by atoms with Crippen molar-refractivity contribution in [3.8, 4) is 5.88 Å². The fourth-order valence-electron chi connectivity index (χ4n) is 1.87. The molecular formula is C13H23N3O. The lowest BCUT2D eigenvalue weighted by molar-refractivity contribution is 0.140. The summed E-state index contributed by atoms with van der Waals surface area (Å²) >= 11 is 0. The summed E-state index contributed by atoms with van der Waals surface area (Å²) in [5, 5.41) is 0. The predicted molar refractivity (Wildman–Crippen MR) is 71.1 cm³/mol. The molecule has 1 aromatic heterocycles. The number of nitrogens with two attached hydrogens (primary N) is 1. The summed E-state index contributed by atoms with van der Waals surface area (Å²) in [6.07, 6.45) is 1.66. The molecule has 2 N–H and O–H groups in total. The van der Waals surface area contributed by atoms with Crippen LogP contribution in [0.1, 0.15) is 27.7 Å². The second-order valence-corrected chi connectivity index (χ2v) is 4.70. The highest BCUT2D eigenvalue weighted by Gasteiger charge is 2.12. The number of anilines is 1. The van der Waals surface area contributed by atoms with Crippen LogP contribution in [0.2, 0.25) is 0 Å². The second-order valence-electron chi connectivity index (χ2n) is 4.70. The van der Waals surface area contributed by atoms with Gasteiger partial charge in [0, 0.05) is 36.6 Å². The van der Waals surface area contributed by atoms with Gasteiger partial charge in [0.05, 0.1) is 0 Å². The number of nitrogens with zero attached hydrogens (tertiary/aromatic N) is 2. The zero-order chi connectivity index (χ0) is 12.8. The van der Waals surface area contributed by atoms with Gasteiger partial charge in [-0.2, -0.15) is 0 Å². The van der Waals surface area contributed by atoms with Gasteiger partial charge in [-0.1, -0.05) is 0 Å². The zero-order valence-electron chi connectivity index (χ0n) is 11.2. The van der Waals surface area contributed by atoms with E-state index in [1.165, 1.54) is 0 Å². The highest BCUT2D eigenvalue weighted by Crippen LogP contribution is 2.11. The van der Waals surface area contributed by atoms with Crippen LogP contribution in [0.5, 0.6) is 5.88 Å². The molecule has 0 saturated carbocycles. The number of ether oxygens (including phenoxy) is 1. The van der Waals surface area contributed by atoms with Gasteiger partial charge in [0.15, 0.2) is 0 Å². The molecule has 4 nitrogen and oxygen atoms in total. The third kappa shape index (κ3) is 4.61. The van der Waals surface area contributed by atoms with Gasteiger partial charge >= 0.3 is 0 Å². The summed E-state index contributed by atoms with van der Waals surface area (Å²) in [5.41, 5.74) is 6.34. The summed E-state index contributed by atoms with van der Waals surface area (Å²) in [5.74, 6) is 0.595. The molecule has 0 amide bonds. The Hall–Kier alpha value is -1.29. The molecule has 0 atom stereocenters. The first-order valence-electron chi connectivity index (χ1n) is 6.10. The smallest absolute Gasteiger partial charge is 0.215 e. The van der Waals surface area contributed by atoms with Crippen LogP contribution in [0.4, 0.5) is 5.69 Å². The minimum absolute atomic E-state index is 0.521. The Morgan fingerprint density at radius 2 is 1.94 bits per heavy atom. The molecule has 0 spiro atoms. The Morgan fingerprint density at radius 1 is 1.29 bits per heavy atom. The quantitative estimate of drug-likeness (QED) is 0.823. The van der Waals surface area contributed by atoms with Crippen molar-refractivity contribution in [2.45, 2.75) is 39.8 Å². The summed E-state index contributed by atoms with van der Waals surface area (Å²) < 4.78 is 5.58. The normalized spacial score (nSPS) is 11.5. The van der Waals surface area contributed by atoms with Crippen LogP contribution in [0.15, 0.2) is 18.3 Å². The van der Waals surface area contributed by atoms with Crippen molar-refractivity contribution in [1.82, 2.24) is 9.88 Å². The maximum atomic E-state index is 5.66. The molecule has 96 valence electrons. The molecule has 1 rings (SSSR count). The zero-order valence-corrected chi connectivity index (χ0v) is 11.2. The van der Waals surface area contributed by atoms with Crippen LogP contribution in [0.25, 0.3) is 0 Å². The maximum Gasteiger partial charge on any atom is 0.215 e. The predicted octanol–water partition coefficient (Wildman–Crippen LogP) is 2.16. The number of nitrogen functional groups attached to an aromatic ring is 1. The topological polar surface area (TPSA) is 51.4 Å². The summed E-state index contributed by atoms with van der Waals surface area (Å²) in [6.45, 7) is 10.3. The highest BCUT2D eigenvalue weighted by atomic mass is 16.5. The SMILES string of the molecule is CC(C)N(CCOc1cc(N)ccn1)C(C)C. The Labute approximate surface area is 104 Å². The molecule has 0 aliphatic carbocycles. The molecule has 4 heteroatoms. The first-order chi connectivity index (χ1) is 8.00. The second kappa shape index (κ2) is 6.45. The maximum absolute atomic E-state index is 5.66. The van der Waals surface area contributed by atoms with Gasteiger partial charge < -0.3 is 10.5 Å². The summed E-state index contributed by atoms with van der Waals surface area (Å²) in [4.78, 5) is 6.49. The minimum Gasteiger partial charge on any atom is -0.476 e. The molecule has 0 aliphatic rings. The molecule has 1 heterocycles. The fourth-order valence-corrected chi connectivity index (χ4v) is 1.87. The Kier molecular flexibility index (Phi) is 5.22. The van der Waals surface area contributed by atoms with Crippen LogP contribution in [-0.4, -0.2) is 35.1 Å². The van der Waals surface area contributed by atoms with Crippen LogP contribution >= 0.6 is 0 Å². The van der Waals surface area contributed by atoms with E-state index in [9.17, 15) is 0 Å². The van der Waals surface area contributed by atoms with Crippen LogP contribution in [0, 0.1) is 0 Å². The van der Waals surface area contributed by atoms with Crippen molar-refractivity contribution in [1.29, 1.82) is 0 Å². The van der Waals surface area contributed by atoms with Crippen molar-refractivity contribution in [2.24, 2.45) is 0 Å². The first kappa shape index (κ1) is 13.8. The largest absolute Gasteiger partial charge is 0.476 e. The highest BCUT2D eigenvalue weighted by molar-refractivity contribution is 5.39. The first-order valence-corrected chi connectivity index (χ1v) is 6.10. The monoisotopic (exact) mass is 237 g/mol. The lowest BCUT2D eigenvalue weighted by Gasteiger charge is -2.30. The molecule has 0 radical (unpaired) electrons. The molecule has 1 aromatic rings. The van der Waals surface area contributed by atoms with Gasteiger partial charge in [0.25, 0.3) is 0 Å². The number of pyridine rings is 1. The standard InChI is InChI=1S/C13H23N3O/c1-10(2)16(11(3)4)7-8-17-13-9-12(14)5-6-15-13/h5-6,9-11H,7-8H2,1-4H3,(H2,14,15). The van der Waals surface area contributed by atoms with Crippen molar-refractivity contribution in [3.63, 3.8) is 0 Å². The van der Waals surface area contributed by atoms with Gasteiger partial charge in [-0.25, -0.2) is 4.98 Å². The van der Waals surface area contributed by atoms with Gasteiger partial charge in [0.2, 0.25) is 5.88 Å². The van der Waals surface area contributed by atoms with E-state index in [2.05, 4.69) is 37.6 Å². The van der Waals surface area contributed by atoms with Gasteiger partial charge in [-0.15, -0.1) is 0 Å². The molecule has 0 bridgehead atoms. The van der Waals surface area contributed by atoms with E-state index in [1.807, 2.05) is 0 Å². The Bertz CT molecular complexity index is 331. The van der Waals surface area contributed by atoms with Gasteiger partial charge in [-0.05, 0) is 33.8 Å². The van der Waals surface area contributed by atoms with Crippen LogP contribution in [0.3, 0.4) is 0 Å². The molecule has 0 saturated heterocycles. The van der Waals surface area contributed by atoms with Crippen LogP contribution < -0.4 is 10.5 Å². The molecular weight excluding hydrogens is 214 g/mol. The van der Waals surface area contributed by atoms with E-state index in [1.54, 1.807) is 18.3 Å². The summed E-state index contributed by atoms with van der Waals surface area (Å²) in [7, 11) is 0. The molecule has 0 aliphatic heterocycles.